The lowest BCUT2D eigenvalue weighted by Gasteiger charge is -2.10. The van der Waals surface area contributed by atoms with E-state index in [1.54, 1.807) is 18.3 Å². The first-order chi connectivity index (χ1) is 15.6. The lowest BCUT2D eigenvalue weighted by atomic mass is 10.2. The highest BCUT2D eigenvalue weighted by Crippen LogP contribution is 2.29. The predicted octanol–water partition coefficient (Wildman–Crippen LogP) is 8.88. The molecule has 0 amide bonds. The fraction of sp³-hybridized carbons (Fsp3) is 0.0385. The third kappa shape index (κ3) is 6.13. The average Bonchev–Trinajstić information content (AvgIpc) is 2.80. The van der Waals surface area contributed by atoms with Gasteiger partial charge in [0.05, 0.1) is 10.2 Å². The minimum Gasteiger partial charge on any atom is -0.488 e. The average molecular weight is 527 g/mol. The van der Waals surface area contributed by atoms with Gasteiger partial charge in [-0.15, -0.1) is 0 Å². The molecule has 0 saturated heterocycles. The third-order valence-corrected chi connectivity index (χ3v) is 5.74. The van der Waals surface area contributed by atoms with Gasteiger partial charge in [-0.05, 0) is 88.2 Å². The maximum absolute atomic E-state index is 6.21. The van der Waals surface area contributed by atoms with Crippen molar-refractivity contribution in [2.24, 2.45) is 4.99 Å². The summed E-state index contributed by atoms with van der Waals surface area (Å²) in [5.41, 5.74) is 2.64. The van der Waals surface area contributed by atoms with Crippen molar-refractivity contribution in [2.45, 2.75) is 6.61 Å². The highest BCUT2D eigenvalue weighted by atomic mass is 79.9. The van der Waals surface area contributed by atoms with E-state index in [-0.39, 0.29) is 0 Å². The molecule has 4 rings (SSSR count). The Morgan fingerprint density at radius 2 is 1.56 bits per heavy atom. The van der Waals surface area contributed by atoms with Gasteiger partial charge in [0.1, 0.15) is 23.9 Å². The molecule has 0 aromatic heterocycles. The molecule has 0 spiro atoms. The second-order valence-electron chi connectivity index (χ2n) is 6.88. The molecular weight excluding hydrogens is 509 g/mol. The molecule has 0 fully saturated rings. The molecule has 0 aliphatic heterocycles. The van der Waals surface area contributed by atoms with Crippen LogP contribution in [-0.2, 0) is 6.61 Å². The van der Waals surface area contributed by atoms with E-state index in [2.05, 4.69) is 20.9 Å². The first-order valence-corrected chi connectivity index (χ1v) is 11.3. The SMILES string of the molecule is Clc1ccc(COc2ccc(C=Nc3ccc(Oc4ccccc4)cc3)cc2Br)c(Cl)c1. The summed E-state index contributed by atoms with van der Waals surface area (Å²) in [6, 6.07) is 28.4. The second kappa shape index (κ2) is 10.7. The van der Waals surface area contributed by atoms with Crippen LogP contribution in [0.15, 0.2) is 100 Å². The molecule has 0 radical (unpaired) electrons. The van der Waals surface area contributed by atoms with Crippen LogP contribution in [0.25, 0.3) is 0 Å². The highest BCUT2D eigenvalue weighted by molar-refractivity contribution is 9.10. The Labute approximate surface area is 205 Å². The molecule has 6 heteroatoms. The number of benzene rings is 4. The van der Waals surface area contributed by atoms with Crippen molar-refractivity contribution in [1.82, 2.24) is 0 Å². The van der Waals surface area contributed by atoms with Crippen LogP contribution in [-0.4, -0.2) is 6.21 Å². The van der Waals surface area contributed by atoms with Crippen molar-refractivity contribution in [2.75, 3.05) is 0 Å². The standard InChI is InChI=1S/C26H18BrCl2NO2/c27-24-14-18(6-13-26(24)31-17-19-7-8-20(28)15-25(19)29)16-30-21-9-11-23(12-10-21)32-22-4-2-1-3-5-22/h1-16H,17H2. The number of halogens is 3. The Kier molecular flexibility index (Phi) is 7.48. The van der Waals surface area contributed by atoms with Gasteiger partial charge in [0.25, 0.3) is 0 Å². The Hall–Kier alpha value is -2.79. The van der Waals surface area contributed by atoms with Gasteiger partial charge < -0.3 is 9.47 Å². The molecule has 0 aliphatic carbocycles. The van der Waals surface area contributed by atoms with E-state index in [0.29, 0.717) is 16.7 Å². The normalized spacial score (nSPS) is 11.0. The Morgan fingerprint density at radius 3 is 2.28 bits per heavy atom. The van der Waals surface area contributed by atoms with Crippen LogP contribution in [0.1, 0.15) is 11.1 Å². The van der Waals surface area contributed by atoms with Gasteiger partial charge in [-0.3, -0.25) is 4.99 Å². The summed E-state index contributed by atoms with van der Waals surface area (Å²) < 4.78 is 12.5. The van der Waals surface area contributed by atoms with Crippen LogP contribution in [0.4, 0.5) is 5.69 Å². The molecule has 4 aromatic carbocycles. The molecule has 0 aliphatic rings. The molecule has 3 nitrogen and oxygen atoms in total. The zero-order valence-corrected chi connectivity index (χ0v) is 19.9. The number of ether oxygens (including phenoxy) is 2. The van der Waals surface area contributed by atoms with Crippen LogP contribution in [0, 0.1) is 0 Å². The van der Waals surface area contributed by atoms with Gasteiger partial charge in [0.2, 0.25) is 0 Å². The minimum atomic E-state index is 0.347. The van der Waals surface area contributed by atoms with Crippen LogP contribution >= 0.6 is 39.1 Å². The van der Waals surface area contributed by atoms with Crippen LogP contribution < -0.4 is 9.47 Å². The van der Waals surface area contributed by atoms with Gasteiger partial charge >= 0.3 is 0 Å². The smallest absolute Gasteiger partial charge is 0.134 e. The van der Waals surface area contributed by atoms with Gasteiger partial charge in [-0.25, -0.2) is 0 Å². The molecule has 0 N–H and O–H groups in total. The summed E-state index contributed by atoms with van der Waals surface area (Å²) in [7, 11) is 0. The van der Waals surface area contributed by atoms with E-state index in [4.69, 9.17) is 32.7 Å². The molecule has 0 saturated carbocycles. The van der Waals surface area contributed by atoms with Crippen molar-refractivity contribution >= 4 is 51.0 Å². The van der Waals surface area contributed by atoms with Crippen molar-refractivity contribution in [3.63, 3.8) is 0 Å². The van der Waals surface area contributed by atoms with Gasteiger partial charge in [0.15, 0.2) is 0 Å². The minimum absolute atomic E-state index is 0.347. The van der Waals surface area contributed by atoms with Crippen molar-refractivity contribution in [3.8, 4) is 17.2 Å². The summed E-state index contributed by atoms with van der Waals surface area (Å²) in [6.07, 6.45) is 1.80. The molecule has 0 atom stereocenters. The molecule has 32 heavy (non-hydrogen) atoms. The van der Waals surface area contributed by atoms with E-state index in [0.717, 1.165) is 38.5 Å². The molecule has 4 aromatic rings. The fourth-order valence-corrected chi connectivity index (χ4v) is 3.86. The van der Waals surface area contributed by atoms with Gasteiger partial charge in [-0.2, -0.15) is 0 Å². The van der Waals surface area contributed by atoms with Gasteiger partial charge in [-0.1, -0.05) is 47.5 Å². The molecule has 0 bridgehead atoms. The predicted molar refractivity (Wildman–Crippen MR) is 135 cm³/mol. The van der Waals surface area contributed by atoms with E-state index < -0.39 is 0 Å². The molecule has 0 heterocycles. The summed E-state index contributed by atoms with van der Waals surface area (Å²) >= 11 is 15.7. The summed E-state index contributed by atoms with van der Waals surface area (Å²) in [4.78, 5) is 4.54. The third-order valence-electron chi connectivity index (χ3n) is 4.53. The fourth-order valence-electron chi connectivity index (χ4n) is 2.88. The molecular formula is C26H18BrCl2NO2. The Balaban J connectivity index is 1.37. The highest BCUT2D eigenvalue weighted by Gasteiger charge is 2.06. The van der Waals surface area contributed by atoms with Crippen molar-refractivity contribution in [1.29, 1.82) is 0 Å². The number of para-hydroxylation sites is 1. The number of rotatable bonds is 7. The lowest BCUT2D eigenvalue weighted by Crippen LogP contribution is -1.97. The lowest BCUT2D eigenvalue weighted by molar-refractivity contribution is 0.304. The quantitative estimate of drug-likeness (QED) is 0.225. The molecule has 0 unspecified atom stereocenters. The second-order valence-corrected chi connectivity index (χ2v) is 8.58. The first kappa shape index (κ1) is 22.4. The molecule has 160 valence electrons. The van der Waals surface area contributed by atoms with Crippen molar-refractivity contribution < 1.29 is 9.47 Å². The summed E-state index contributed by atoms with van der Waals surface area (Å²) in [6.45, 7) is 0.347. The van der Waals surface area contributed by atoms with Crippen LogP contribution in [0.2, 0.25) is 10.0 Å². The first-order valence-electron chi connectivity index (χ1n) is 9.80. The number of hydrogen-bond acceptors (Lipinski definition) is 3. The maximum Gasteiger partial charge on any atom is 0.134 e. The monoisotopic (exact) mass is 525 g/mol. The zero-order valence-electron chi connectivity index (χ0n) is 16.8. The largest absolute Gasteiger partial charge is 0.488 e. The van der Waals surface area contributed by atoms with Gasteiger partial charge in [0, 0.05) is 21.8 Å². The van der Waals surface area contributed by atoms with E-state index in [1.165, 1.54) is 0 Å². The topological polar surface area (TPSA) is 30.8 Å². The number of hydrogen-bond donors (Lipinski definition) is 0. The Morgan fingerprint density at radius 1 is 0.812 bits per heavy atom. The van der Waals surface area contributed by atoms with E-state index >= 15 is 0 Å². The van der Waals surface area contributed by atoms with Crippen LogP contribution in [0.3, 0.4) is 0 Å². The summed E-state index contributed by atoms with van der Waals surface area (Å²) in [5, 5.41) is 1.18. The number of nitrogens with zero attached hydrogens (tertiary/aromatic N) is 1. The number of aliphatic imine (C=N–C) groups is 1. The van der Waals surface area contributed by atoms with Crippen molar-refractivity contribution in [3.05, 3.63) is 117 Å². The van der Waals surface area contributed by atoms with Crippen LogP contribution in [0.5, 0.6) is 17.2 Å². The van der Waals surface area contributed by atoms with E-state index in [9.17, 15) is 0 Å². The Bertz CT molecular complexity index is 1230. The summed E-state index contributed by atoms with van der Waals surface area (Å²) in [5.74, 6) is 2.28. The maximum atomic E-state index is 6.21. The zero-order chi connectivity index (χ0) is 22.3. The van der Waals surface area contributed by atoms with E-state index in [1.807, 2.05) is 78.9 Å².